The molecule has 0 amide bonds. The highest BCUT2D eigenvalue weighted by atomic mass is 35.5. The maximum absolute atomic E-state index is 14.8. The number of sulfone groups is 1. The molecule has 29 heavy (non-hydrogen) atoms. The smallest absolute Gasteiger partial charge is 0.188 e. The van der Waals surface area contributed by atoms with Crippen LogP contribution in [0.1, 0.15) is 50.5 Å². The Morgan fingerprint density at radius 1 is 1.10 bits per heavy atom. The Bertz CT molecular complexity index is 1010. The van der Waals surface area contributed by atoms with Gasteiger partial charge in [-0.25, -0.2) is 17.2 Å². The Morgan fingerprint density at radius 3 is 2.38 bits per heavy atom. The van der Waals surface area contributed by atoms with Gasteiger partial charge in [-0.05, 0) is 86.9 Å². The van der Waals surface area contributed by atoms with Crippen LogP contribution in [-0.2, 0) is 14.6 Å². The second-order valence-electron chi connectivity index (χ2n) is 7.57. The van der Waals surface area contributed by atoms with Crippen molar-refractivity contribution in [1.29, 1.82) is 5.26 Å². The molecule has 0 atom stereocenters. The summed E-state index contributed by atoms with van der Waals surface area (Å²) in [7, 11) is -4.00. The molecular formula is C22H22ClF2NO2S. The molecule has 0 spiro atoms. The van der Waals surface area contributed by atoms with E-state index in [2.05, 4.69) is 6.07 Å². The monoisotopic (exact) mass is 437 g/mol. The molecule has 0 radical (unpaired) electrons. The van der Waals surface area contributed by atoms with E-state index in [0.717, 1.165) is 31.0 Å². The highest BCUT2D eigenvalue weighted by molar-refractivity contribution is 7.92. The van der Waals surface area contributed by atoms with E-state index in [1.165, 1.54) is 24.3 Å². The molecule has 2 aromatic carbocycles. The Hall–Kier alpha value is -1.97. The van der Waals surface area contributed by atoms with Crippen molar-refractivity contribution < 1.29 is 17.2 Å². The van der Waals surface area contributed by atoms with Gasteiger partial charge in [0.2, 0.25) is 0 Å². The van der Waals surface area contributed by atoms with E-state index in [9.17, 15) is 17.2 Å². The lowest BCUT2D eigenvalue weighted by molar-refractivity contribution is 0.271. The quantitative estimate of drug-likeness (QED) is 0.507. The summed E-state index contributed by atoms with van der Waals surface area (Å²) in [6, 6.07) is 10.9. The summed E-state index contributed by atoms with van der Waals surface area (Å²) in [5.74, 6) is -1.11. The molecule has 0 aliphatic heterocycles. The largest absolute Gasteiger partial charge is 0.223 e. The van der Waals surface area contributed by atoms with Crippen LogP contribution in [0.15, 0.2) is 47.4 Å². The van der Waals surface area contributed by atoms with Gasteiger partial charge in [0.05, 0.1) is 11.0 Å². The van der Waals surface area contributed by atoms with Crippen LogP contribution in [-0.4, -0.2) is 8.42 Å². The Balaban J connectivity index is 2.03. The first-order valence-electron chi connectivity index (χ1n) is 9.63. The normalized spacial score (nSPS) is 22.2. The summed E-state index contributed by atoms with van der Waals surface area (Å²) in [6.07, 6.45) is 3.61. The van der Waals surface area contributed by atoms with Gasteiger partial charge in [0.15, 0.2) is 9.84 Å². The van der Waals surface area contributed by atoms with Crippen LogP contribution >= 0.6 is 11.6 Å². The van der Waals surface area contributed by atoms with Crippen molar-refractivity contribution in [3.63, 3.8) is 0 Å². The third-order valence-electron chi connectivity index (χ3n) is 5.87. The van der Waals surface area contributed by atoms with Crippen molar-refractivity contribution >= 4 is 21.4 Å². The van der Waals surface area contributed by atoms with Gasteiger partial charge in [0, 0.05) is 17.0 Å². The first-order valence-corrected chi connectivity index (χ1v) is 11.5. The van der Waals surface area contributed by atoms with Crippen molar-refractivity contribution in [1.82, 2.24) is 0 Å². The van der Waals surface area contributed by atoms with Crippen LogP contribution in [0.5, 0.6) is 0 Å². The van der Waals surface area contributed by atoms with Gasteiger partial charge >= 0.3 is 0 Å². The van der Waals surface area contributed by atoms with Gasteiger partial charge in [-0.1, -0.05) is 11.6 Å². The van der Waals surface area contributed by atoms with Gasteiger partial charge < -0.3 is 0 Å². The molecule has 3 nitrogen and oxygen atoms in total. The SMILES string of the molecule is N#CCCCC1CCC(c2cc(F)ccc2F)(S(=O)(=O)c2ccc(Cl)cc2)CC1. The van der Waals surface area contributed by atoms with E-state index < -0.39 is 26.2 Å². The fourth-order valence-corrected chi connectivity index (χ4v) is 6.56. The molecule has 0 bridgehead atoms. The molecule has 0 unspecified atom stereocenters. The van der Waals surface area contributed by atoms with Crippen LogP contribution in [0.25, 0.3) is 0 Å². The fourth-order valence-electron chi connectivity index (χ4n) is 4.27. The van der Waals surface area contributed by atoms with Gasteiger partial charge in [-0.15, -0.1) is 0 Å². The topological polar surface area (TPSA) is 57.9 Å². The second kappa shape index (κ2) is 8.81. The summed E-state index contributed by atoms with van der Waals surface area (Å²) in [5, 5.41) is 9.12. The van der Waals surface area contributed by atoms with E-state index in [4.69, 9.17) is 16.9 Å². The van der Waals surface area contributed by atoms with E-state index >= 15 is 0 Å². The zero-order valence-electron chi connectivity index (χ0n) is 15.9. The predicted molar refractivity (Wildman–Crippen MR) is 108 cm³/mol. The molecule has 1 aliphatic rings. The summed E-state index contributed by atoms with van der Waals surface area (Å²) in [6.45, 7) is 0. The number of unbranched alkanes of at least 4 members (excludes halogenated alkanes) is 1. The van der Waals surface area contributed by atoms with Crippen molar-refractivity contribution in [3.8, 4) is 6.07 Å². The highest BCUT2D eigenvalue weighted by Crippen LogP contribution is 2.50. The minimum Gasteiger partial charge on any atom is -0.223 e. The first-order chi connectivity index (χ1) is 13.8. The average molecular weight is 438 g/mol. The Labute approximate surface area is 175 Å². The molecular weight excluding hydrogens is 416 g/mol. The number of hydrogen-bond donors (Lipinski definition) is 0. The number of benzene rings is 2. The van der Waals surface area contributed by atoms with Crippen LogP contribution < -0.4 is 0 Å². The number of halogens is 3. The zero-order valence-corrected chi connectivity index (χ0v) is 17.4. The molecule has 0 N–H and O–H groups in total. The minimum atomic E-state index is -4.00. The number of nitriles is 1. The van der Waals surface area contributed by atoms with Crippen molar-refractivity contribution in [2.45, 2.75) is 54.6 Å². The molecule has 0 saturated heterocycles. The summed E-state index contributed by atoms with van der Waals surface area (Å²) >= 11 is 5.90. The molecule has 1 fully saturated rings. The number of nitrogens with zero attached hydrogens (tertiary/aromatic N) is 1. The van der Waals surface area contributed by atoms with Crippen LogP contribution in [0.3, 0.4) is 0 Å². The van der Waals surface area contributed by atoms with Gasteiger partial charge in [-0.2, -0.15) is 5.26 Å². The third-order valence-corrected chi connectivity index (χ3v) is 8.67. The van der Waals surface area contributed by atoms with E-state index in [-0.39, 0.29) is 29.2 Å². The van der Waals surface area contributed by atoms with Gasteiger partial charge in [0.1, 0.15) is 16.4 Å². The highest BCUT2D eigenvalue weighted by Gasteiger charge is 2.49. The van der Waals surface area contributed by atoms with E-state index in [1.807, 2.05) is 0 Å². The summed E-state index contributed by atoms with van der Waals surface area (Å²) in [5.41, 5.74) is -0.108. The van der Waals surface area contributed by atoms with Crippen LogP contribution in [0.2, 0.25) is 5.02 Å². The fraction of sp³-hybridized carbons (Fsp3) is 0.409. The molecule has 1 saturated carbocycles. The minimum absolute atomic E-state index is 0.0495. The van der Waals surface area contributed by atoms with Crippen molar-refractivity contribution in [3.05, 3.63) is 64.7 Å². The van der Waals surface area contributed by atoms with Gasteiger partial charge in [0.25, 0.3) is 0 Å². The second-order valence-corrected chi connectivity index (χ2v) is 10.3. The van der Waals surface area contributed by atoms with E-state index in [1.54, 1.807) is 0 Å². The van der Waals surface area contributed by atoms with Crippen LogP contribution in [0, 0.1) is 28.9 Å². The molecule has 0 heterocycles. The molecule has 1 aliphatic carbocycles. The predicted octanol–water partition coefficient (Wildman–Crippen LogP) is 6.17. The zero-order chi connectivity index (χ0) is 21.1. The number of rotatable bonds is 6. The molecule has 2 aromatic rings. The lowest BCUT2D eigenvalue weighted by atomic mass is 9.76. The first kappa shape index (κ1) is 21.7. The van der Waals surface area contributed by atoms with Crippen molar-refractivity contribution in [2.24, 2.45) is 5.92 Å². The van der Waals surface area contributed by atoms with Gasteiger partial charge in [-0.3, -0.25) is 0 Å². The number of hydrogen-bond acceptors (Lipinski definition) is 3. The summed E-state index contributed by atoms with van der Waals surface area (Å²) < 4.78 is 54.6. The molecule has 0 aromatic heterocycles. The van der Waals surface area contributed by atoms with Crippen LogP contribution in [0.4, 0.5) is 8.78 Å². The van der Waals surface area contributed by atoms with E-state index in [0.29, 0.717) is 24.3 Å². The Kier molecular flexibility index (Phi) is 6.60. The standard InChI is InChI=1S/C22H22ClF2NO2S/c23-17-4-7-19(8-5-17)29(27,28)22(20-15-18(24)6-9-21(20)25)12-10-16(11-13-22)3-1-2-14-26/h4-9,15-16H,1-3,10-13H2. The summed E-state index contributed by atoms with van der Waals surface area (Å²) in [4.78, 5) is 0.0495. The lowest BCUT2D eigenvalue weighted by Gasteiger charge is -2.40. The average Bonchev–Trinajstić information content (AvgIpc) is 2.71. The molecule has 7 heteroatoms. The maximum atomic E-state index is 14.8. The maximum Gasteiger partial charge on any atom is 0.188 e. The third kappa shape index (κ3) is 4.31. The molecule has 3 rings (SSSR count). The molecule has 154 valence electrons. The Morgan fingerprint density at radius 2 is 1.76 bits per heavy atom. The lowest BCUT2D eigenvalue weighted by Crippen LogP contribution is -2.40. The van der Waals surface area contributed by atoms with Crippen molar-refractivity contribution in [2.75, 3.05) is 0 Å².